The Bertz CT molecular complexity index is 716. The lowest BCUT2D eigenvalue weighted by atomic mass is 10.1. The Morgan fingerprint density at radius 3 is 2.27 bits per heavy atom. The zero-order valence-corrected chi connectivity index (χ0v) is 18.5. The van der Waals surface area contributed by atoms with Gasteiger partial charge in [-0.1, -0.05) is 0 Å². The molecule has 4 unspecified atom stereocenters. The van der Waals surface area contributed by atoms with E-state index in [1.807, 2.05) is 6.26 Å². The van der Waals surface area contributed by atoms with Gasteiger partial charge in [0.1, 0.15) is 18.1 Å². The molecule has 0 spiro atoms. The minimum absolute atomic E-state index is 0.100. The predicted octanol–water partition coefficient (Wildman–Crippen LogP) is -1.48. The number of hydrogen-bond donors (Lipinski definition) is 7. The third-order valence-electron chi connectivity index (χ3n) is 4.07. The van der Waals surface area contributed by atoms with Crippen molar-refractivity contribution in [2.75, 3.05) is 17.8 Å². The molecule has 0 aromatic carbocycles. The van der Waals surface area contributed by atoms with Crippen LogP contribution in [0.15, 0.2) is 12.5 Å². The Balaban J connectivity index is 2.94. The molecule has 0 aliphatic rings. The molecule has 13 heteroatoms. The van der Waals surface area contributed by atoms with Crippen molar-refractivity contribution >= 4 is 48.1 Å². The number of nitrogens with zero attached hydrogens (tertiary/aromatic N) is 1. The fraction of sp³-hybridized carbons (Fsp3) is 0.588. The Labute approximate surface area is 184 Å². The second kappa shape index (κ2) is 13.1. The van der Waals surface area contributed by atoms with Crippen molar-refractivity contribution in [1.29, 1.82) is 0 Å². The topological polar surface area (TPSA) is 179 Å². The van der Waals surface area contributed by atoms with E-state index < -0.39 is 47.9 Å². The molecule has 30 heavy (non-hydrogen) atoms. The van der Waals surface area contributed by atoms with Gasteiger partial charge in [0, 0.05) is 24.1 Å². The van der Waals surface area contributed by atoms with Gasteiger partial charge in [-0.25, -0.2) is 9.78 Å². The molecule has 1 heterocycles. The number of carboxylic acids is 1. The van der Waals surface area contributed by atoms with Crippen LogP contribution in [0.25, 0.3) is 0 Å². The Morgan fingerprint density at radius 2 is 1.77 bits per heavy atom. The first-order valence-electron chi connectivity index (χ1n) is 9.16. The molecular weight excluding hydrogens is 432 g/mol. The van der Waals surface area contributed by atoms with Crippen LogP contribution in [0.5, 0.6) is 0 Å². The number of nitrogens with one attached hydrogen (secondary N) is 4. The fourth-order valence-corrected chi connectivity index (χ4v) is 3.08. The predicted molar refractivity (Wildman–Crippen MR) is 116 cm³/mol. The number of aromatic nitrogens is 2. The summed E-state index contributed by atoms with van der Waals surface area (Å²) in [5, 5.41) is 16.6. The largest absolute Gasteiger partial charge is 0.480 e. The number of thioether (sulfide) groups is 1. The number of carbonyl (C=O) groups excluding carboxylic acids is 3. The number of carboxylic acid groups (broad SMARTS) is 1. The van der Waals surface area contributed by atoms with Gasteiger partial charge < -0.3 is 31.8 Å². The summed E-state index contributed by atoms with van der Waals surface area (Å²) in [6.07, 6.45) is 5.18. The third-order valence-corrected chi connectivity index (χ3v) is 5.08. The number of aromatic amines is 1. The number of thiol groups is 1. The molecule has 7 N–H and O–H groups in total. The molecule has 0 saturated carbocycles. The molecule has 3 amide bonds. The van der Waals surface area contributed by atoms with E-state index in [1.165, 1.54) is 31.2 Å². The normalized spacial score (nSPS) is 14.8. The zero-order chi connectivity index (χ0) is 22.7. The van der Waals surface area contributed by atoms with E-state index in [-0.39, 0.29) is 18.6 Å². The first-order valence-corrected chi connectivity index (χ1v) is 11.2. The molecule has 0 aliphatic heterocycles. The van der Waals surface area contributed by atoms with Gasteiger partial charge in [-0.2, -0.15) is 24.4 Å². The summed E-state index contributed by atoms with van der Waals surface area (Å²) >= 11 is 5.39. The van der Waals surface area contributed by atoms with Gasteiger partial charge in [-0.15, -0.1) is 0 Å². The van der Waals surface area contributed by atoms with Crippen LogP contribution in [-0.4, -0.2) is 80.7 Å². The van der Waals surface area contributed by atoms with Crippen molar-refractivity contribution in [3.05, 3.63) is 18.2 Å². The number of carbonyl (C=O) groups is 4. The van der Waals surface area contributed by atoms with Crippen molar-refractivity contribution in [2.24, 2.45) is 5.73 Å². The maximum Gasteiger partial charge on any atom is 0.327 e. The zero-order valence-electron chi connectivity index (χ0n) is 16.8. The number of aliphatic carboxylic acids is 1. The maximum absolute atomic E-state index is 12.9. The van der Waals surface area contributed by atoms with Crippen LogP contribution in [0, 0.1) is 0 Å². The van der Waals surface area contributed by atoms with E-state index in [1.54, 1.807) is 0 Å². The van der Waals surface area contributed by atoms with Crippen LogP contribution < -0.4 is 21.7 Å². The average Bonchev–Trinajstić information content (AvgIpc) is 3.20. The Hall–Kier alpha value is -2.25. The van der Waals surface area contributed by atoms with Crippen LogP contribution in [0.1, 0.15) is 19.0 Å². The van der Waals surface area contributed by atoms with E-state index in [2.05, 4.69) is 38.5 Å². The summed E-state index contributed by atoms with van der Waals surface area (Å²) in [6.45, 7) is 1.48. The van der Waals surface area contributed by atoms with Crippen molar-refractivity contribution in [3.8, 4) is 0 Å². The average molecular weight is 461 g/mol. The molecular formula is C17H28N6O5S2. The summed E-state index contributed by atoms with van der Waals surface area (Å²) in [5.74, 6) is -2.54. The van der Waals surface area contributed by atoms with Crippen LogP contribution in [0.2, 0.25) is 0 Å². The van der Waals surface area contributed by atoms with Crippen molar-refractivity contribution in [1.82, 2.24) is 25.9 Å². The highest BCUT2D eigenvalue weighted by Gasteiger charge is 2.29. The van der Waals surface area contributed by atoms with Crippen LogP contribution in [-0.2, 0) is 25.6 Å². The summed E-state index contributed by atoms with van der Waals surface area (Å²) in [6, 6.07) is -4.01. The standard InChI is InChI=1S/C17H28N6O5S2/c1-9(18)14(24)22-12(5-10-6-19-8-20-10)16(26)21-11(3-4-30-2)15(25)23-13(7-29)17(27)28/h6,8-9,11-13,29H,3-5,7,18H2,1-2H3,(H,19,20)(H,21,26)(H,22,24)(H,23,25)(H,27,28). The van der Waals surface area contributed by atoms with Crippen LogP contribution in [0.4, 0.5) is 0 Å². The van der Waals surface area contributed by atoms with Gasteiger partial charge in [0.2, 0.25) is 17.7 Å². The minimum atomic E-state index is -1.23. The summed E-state index contributed by atoms with van der Waals surface area (Å²) in [4.78, 5) is 55.4. The molecule has 1 aromatic heterocycles. The van der Waals surface area contributed by atoms with E-state index in [4.69, 9.17) is 10.8 Å². The number of nitrogens with two attached hydrogens (primary N) is 1. The molecule has 4 atom stereocenters. The van der Waals surface area contributed by atoms with Gasteiger partial charge in [-0.05, 0) is 25.4 Å². The van der Waals surface area contributed by atoms with Crippen LogP contribution >= 0.6 is 24.4 Å². The van der Waals surface area contributed by atoms with Crippen molar-refractivity contribution in [3.63, 3.8) is 0 Å². The second-order valence-electron chi connectivity index (χ2n) is 6.56. The number of amides is 3. The Kier molecular flexibility index (Phi) is 11.3. The monoisotopic (exact) mass is 460 g/mol. The number of hydrogen-bond acceptors (Lipinski definition) is 8. The summed E-state index contributed by atoms with van der Waals surface area (Å²) < 4.78 is 0. The lowest BCUT2D eigenvalue weighted by Gasteiger charge is -2.24. The lowest BCUT2D eigenvalue weighted by molar-refractivity contribution is -0.141. The number of H-pyrrole nitrogens is 1. The number of rotatable bonds is 13. The molecule has 1 aromatic rings. The number of imidazole rings is 1. The van der Waals surface area contributed by atoms with E-state index in [0.29, 0.717) is 11.4 Å². The van der Waals surface area contributed by atoms with E-state index in [0.717, 1.165) is 0 Å². The van der Waals surface area contributed by atoms with Gasteiger partial charge in [0.25, 0.3) is 0 Å². The molecule has 0 radical (unpaired) electrons. The molecule has 0 saturated heterocycles. The van der Waals surface area contributed by atoms with Gasteiger partial charge in [0.15, 0.2) is 0 Å². The minimum Gasteiger partial charge on any atom is -0.480 e. The Morgan fingerprint density at radius 1 is 1.17 bits per heavy atom. The van der Waals surface area contributed by atoms with Crippen molar-refractivity contribution in [2.45, 2.75) is 43.9 Å². The highest BCUT2D eigenvalue weighted by atomic mass is 32.2. The third kappa shape index (κ3) is 8.63. The molecule has 1 rings (SSSR count). The molecule has 0 bridgehead atoms. The summed E-state index contributed by atoms with van der Waals surface area (Å²) in [5.41, 5.74) is 6.18. The first kappa shape index (κ1) is 25.8. The molecule has 0 fully saturated rings. The highest BCUT2D eigenvalue weighted by Crippen LogP contribution is 2.05. The molecule has 11 nitrogen and oxygen atoms in total. The SMILES string of the molecule is CSCCC(NC(=O)C(Cc1cnc[nH]1)NC(=O)C(C)N)C(=O)NC(CS)C(=O)O. The smallest absolute Gasteiger partial charge is 0.327 e. The highest BCUT2D eigenvalue weighted by molar-refractivity contribution is 7.98. The molecule has 0 aliphatic carbocycles. The molecule has 168 valence electrons. The quantitative estimate of drug-likeness (QED) is 0.174. The summed E-state index contributed by atoms with van der Waals surface area (Å²) in [7, 11) is 0. The van der Waals surface area contributed by atoms with Crippen LogP contribution in [0.3, 0.4) is 0 Å². The van der Waals surface area contributed by atoms with Gasteiger partial charge >= 0.3 is 5.97 Å². The lowest BCUT2D eigenvalue weighted by Crippen LogP contribution is -2.57. The maximum atomic E-state index is 12.9. The van der Waals surface area contributed by atoms with Gasteiger partial charge in [0.05, 0.1) is 12.4 Å². The van der Waals surface area contributed by atoms with Gasteiger partial charge in [-0.3, -0.25) is 14.4 Å². The van der Waals surface area contributed by atoms with E-state index in [9.17, 15) is 19.2 Å². The first-order chi connectivity index (χ1) is 14.2. The fourth-order valence-electron chi connectivity index (χ4n) is 2.36. The van der Waals surface area contributed by atoms with Crippen molar-refractivity contribution < 1.29 is 24.3 Å². The van der Waals surface area contributed by atoms with E-state index >= 15 is 0 Å². The second-order valence-corrected chi connectivity index (χ2v) is 7.91.